The molecule has 0 bridgehead atoms. The molecule has 35 heavy (non-hydrogen) atoms. The molecule has 0 saturated carbocycles. The van der Waals surface area contributed by atoms with E-state index in [-0.39, 0.29) is 23.2 Å². The molecule has 3 atom stereocenters. The van der Waals surface area contributed by atoms with Crippen molar-refractivity contribution in [2.24, 2.45) is 0 Å². The minimum Gasteiger partial charge on any atom is -0.394 e. The number of rotatable bonds is 19. The van der Waals surface area contributed by atoms with Crippen LogP contribution in [0.25, 0.3) is 0 Å². The number of hydrogen-bond donors (Lipinski definition) is 3. The summed E-state index contributed by atoms with van der Waals surface area (Å²) in [7, 11) is 0. The molecular weight excluding hydrogens is 484 g/mol. The number of nitrogens with zero attached hydrogens (tertiary/aromatic N) is 1. The van der Waals surface area contributed by atoms with Crippen LogP contribution in [-0.2, 0) is 4.74 Å². The van der Waals surface area contributed by atoms with Crippen LogP contribution >= 0.6 is 23.5 Å². The Balaban J connectivity index is 2.05. The maximum absolute atomic E-state index is 12.8. The van der Waals surface area contributed by atoms with Crippen LogP contribution in [0.5, 0.6) is 0 Å². The average molecular weight is 531 g/mol. The molecule has 0 amide bonds. The normalized spacial score (nSPS) is 20.2. The van der Waals surface area contributed by atoms with Gasteiger partial charge in [-0.15, -0.1) is 23.5 Å². The number of aliphatic hydroxyl groups is 2. The predicted octanol–water partition coefficient (Wildman–Crippen LogP) is 5.36. The second-order valence-corrected chi connectivity index (χ2v) is 12.2. The average Bonchev–Trinajstić information content (AvgIpc) is 3.22. The number of unbranched alkanes of at least 4 members (excludes halogenated alkanes) is 10. The highest BCUT2D eigenvalue weighted by Gasteiger charge is 2.35. The Kier molecular flexibility index (Phi) is 15.4. The topological polar surface area (TPSA) is 105 Å². The summed E-state index contributed by atoms with van der Waals surface area (Å²) in [4.78, 5) is 27.8. The fourth-order valence-corrected chi connectivity index (χ4v) is 7.13. The molecule has 1 fully saturated rings. The standard InChI is InChI=1S/C26H46N2O5S2/c1-3-5-7-9-11-13-15-34-25(35-16-14-12-10-8-6-4-2)20-18-28(26(32)27-24(20)31)23-17-21(30)22(19-29)33-23/h18,21-23,25,29-30H,3-17,19H2,1-2H3,(H,27,31,32)/t21-,22+,23+/m0/s1. The molecule has 1 aliphatic heterocycles. The number of thioether (sulfide) groups is 2. The smallest absolute Gasteiger partial charge is 0.330 e. The lowest BCUT2D eigenvalue weighted by atomic mass is 10.1. The molecule has 1 aromatic rings. The molecule has 0 unspecified atom stereocenters. The Morgan fingerprint density at radius 1 is 0.971 bits per heavy atom. The molecule has 2 rings (SSSR count). The van der Waals surface area contributed by atoms with Crippen molar-refractivity contribution in [3.05, 3.63) is 32.6 Å². The highest BCUT2D eigenvalue weighted by molar-refractivity contribution is 8.16. The van der Waals surface area contributed by atoms with Gasteiger partial charge in [0.05, 0.1) is 22.9 Å². The molecule has 0 spiro atoms. The number of hydrogen-bond acceptors (Lipinski definition) is 7. The molecule has 1 aromatic heterocycles. The molecule has 0 aliphatic carbocycles. The van der Waals surface area contributed by atoms with Gasteiger partial charge in [-0.05, 0) is 24.3 Å². The quantitative estimate of drug-likeness (QED) is 0.163. The van der Waals surface area contributed by atoms with Gasteiger partial charge in [0.25, 0.3) is 5.56 Å². The van der Waals surface area contributed by atoms with Crippen molar-refractivity contribution in [3.63, 3.8) is 0 Å². The van der Waals surface area contributed by atoms with Crippen LogP contribution < -0.4 is 11.2 Å². The summed E-state index contributed by atoms with van der Waals surface area (Å²) in [5.74, 6) is 1.95. The summed E-state index contributed by atoms with van der Waals surface area (Å²) in [5.41, 5.74) is -0.323. The first-order chi connectivity index (χ1) is 17.0. The minimum atomic E-state index is -0.841. The zero-order chi connectivity index (χ0) is 25.5. The van der Waals surface area contributed by atoms with Crippen LogP contribution in [0.3, 0.4) is 0 Å². The Morgan fingerprint density at radius 3 is 2.03 bits per heavy atom. The Bertz CT molecular complexity index is 798. The molecule has 202 valence electrons. The SMILES string of the molecule is CCCCCCCCSC(SCCCCCCCC)c1cn([C@H]2C[C@H](O)[C@@H](CO)O2)c(=O)[nH]c1=O. The largest absolute Gasteiger partial charge is 0.394 e. The summed E-state index contributed by atoms with van der Waals surface area (Å²) in [6.07, 6.45) is 14.3. The number of nitrogens with one attached hydrogen (secondary N) is 1. The van der Waals surface area contributed by atoms with E-state index in [0.29, 0.717) is 5.56 Å². The third kappa shape index (κ3) is 10.6. The van der Waals surface area contributed by atoms with Gasteiger partial charge < -0.3 is 14.9 Å². The van der Waals surface area contributed by atoms with Gasteiger partial charge >= 0.3 is 5.69 Å². The van der Waals surface area contributed by atoms with Gasteiger partial charge in [-0.25, -0.2) is 4.79 Å². The zero-order valence-electron chi connectivity index (χ0n) is 21.6. The fraction of sp³-hybridized carbons (Fsp3) is 0.846. The summed E-state index contributed by atoms with van der Waals surface area (Å²) in [5, 5.41) is 19.5. The van der Waals surface area contributed by atoms with E-state index in [0.717, 1.165) is 24.3 Å². The fourth-order valence-electron chi connectivity index (χ4n) is 4.31. The number of aliphatic hydroxyl groups excluding tert-OH is 2. The van der Waals surface area contributed by atoms with Crippen molar-refractivity contribution in [1.29, 1.82) is 0 Å². The maximum atomic E-state index is 12.8. The van der Waals surface area contributed by atoms with Gasteiger partial charge in [0.15, 0.2) is 0 Å². The molecule has 3 N–H and O–H groups in total. The molecular formula is C26H46N2O5S2. The lowest BCUT2D eigenvalue weighted by molar-refractivity contribution is -0.0459. The lowest BCUT2D eigenvalue weighted by Crippen LogP contribution is -2.34. The maximum Gasteiger partial charge on any atom is 0.330 e. The molecule has 0 radical (unpaired) electrons. The van der Waals surface area contributed by atoms with Gasteiger partial charge in [0, 0.05) is 12.6 Å². The van der Waals surface area contributed by atoms with Crippen molar-refractivity contribution in [1.82, 2.24) is 9.55 Å². The minimum absolute atomic E-state index is 0.0585. The molecule has 0 aromatic carbocycles. The number of H-pyrrole nitrogens is 1. The third-order valence-electron chi connectivity index (χ3n) is 6.48. The van der Waals surface area contributed by atoms with E-state index >= 15 is 0 Å². The van der Waals surface area contributed by atoms with Crippen LogP contribution in [0.15, 0.2) is 15.8 Å². The summed E-state index contributed by atoms with van der Waals surface area (Å²) in [6.45, 7) is 4.13. The number of aromatic amines is 1. The molecule has 1 saturated heterocycles. The molecule has 2 heterocycles. The second-order valence-electron chi connectivity index (χ2n) is 9.47. The van der Waals surface area contributed by atoms with E-state index in [1.54, 1.807) is 29.7 Å². The third-order valence-corrected chi connectivity index (χ3v) is 9.46. The number of aromatic nitrogens is 2. The van der Waals surface area contributed by atoms with Crippen LogP contribution in [0.1, 0.15) is 114 Å². The Labute approximate surface area is 218 Å². The highest BCUT2D eigenvalue weighted by atomic mass is 32.2. The van der Waals surface area contributed by atoms with E-state index in [9.17, 15) is 19.8 Å². The van der Waals surface area contributed by atoms with Crippen molar-refractivity contribution >= 4 is 23.5 Å². The van der Waals surface area contributed by atoms with E-state index in [2.05, 4.69) is 18.8 Å². The van der Waals surface area contributed by atoms with Crippen molar-refractivity contribution in [3.8, 4) is 0 Å². The van der Waals surface area contributed by atoms with Gasteiger partial charge in [-0.1, -0.05) is 78.1 Å². The summed E-state index contributed by atoms with van der Waals surface area (Å²) in [6, 6.07) is 0. The van der Waals surface area contributed by atoms with Crippen molar-refractivity contribution in [2.45, 2.75) is 120 Å². The van der Waals surface area contributed by atoms with Crippen LogP contribution in [0.2, 0.25) is 0 Å². The van der Waals surface area contributed by atoms with E-state index < -0.39 is 24.1 Å². The van der Waals surface area contributed by atoms with Gasteiger partial charge in [0.2, 0.25) is 0 Å². The highest BCUT2D eigenvalue weighted by Crippen LogP contribution is 2.39. The van der Waals surface area contributed by atoms with Crippen LogP contribution in [0, 0.1) is 0 Å². The Morgan fingerprint density at radius 2 is 1.51 bits per heavy atom. The first-order valence-electron chi connectivity index (χ1n) is 13.5. The zero-order valence-corrected chi connectivity index (χ0v) is 23.2. The van der Waals surface area contributed by atoms with Gasteiger partial charge in [-0.3, -0.25) is 14.3 Å². The molecule has 9 heteroatoms. The van der Waals surface area contributed by atoms with Crippen LogP contribution in [0.4, 0.5) is 0 Å². The summed E-state index contributed by atoms with van der Waals surface area (Å²) < 4.78 is 7.00. The predicted molar refractivity (Wildman–Crippen MR) is 147 cm³/mol. The molecule has 7 nitrogen and oxygen atoms in total. The van der Waals surface area contributed by atoms with E-state index in [1.165, 1.54) is 68.8 Å². The summed E-state index contributed by atoms with van der Waals surface area (Å²) >= 11 is 3.57. The first-order valence-corrected chi connectivity index (χ1v) is 15.6. The monoisotopic (exact) mass is 530 g/mol. The van der Waals surface area contributed by atoms with Crippen molar-refractivity contribution < 1.29 is 14.9 Å². The Hall–Kier alpha value is -0.740. The number of ether oxygens (including phenoxy) is 1. The molecule has 1 aliphatic rings. The lowest BCUT2D eigenvalue weighted by Gasteiger charge is -2.19. The van der Waals surface area contributed by atoms with Crippen LogP contribution in [-0.4, -0.2) is 50.1 Å². The van der Waals surface area contributed by atoms with E-state index in [4.69, 9.17) is 4.74 Å². The van der Waals surface area contributed by atoms with Gasteiger partial charge in [0.1, 0.15) is 12.3 Å². The van der Waals surface area contributed by atoms with Crippen molar-refractivity contribution in [2.75, 3.05) is 18.1 Å². The first kappa shape index (κ1) is 30.5. The van der Waals surface area contributed by atoms with E-state index in [1.807, 2.05) is 0 Å². The second kappa shape index (κ2) is 17.7. The van der Waals surface area contributed by atoms with Gasteiger partial charge in [-0.2, -0.15) is 0 Å².